The lowest BCUT2D eigenvalue weighted by Gasteiger charge is -2.38. The minimum atomic E-state index is -2.72. The molecule has 1 aliphatic rings. The Hall–Kier alpha value is -3.55. The van der Waals surface area contributed by atoms with Crippen LogP contribution in [0, 0.1) is 11.7 Å². The summed E-state index contributed by atoms with van der Waals surface area (Å²) in [6.45, 7) is 9.67. The zero-order chi connectivity index (χ0) is 23.0. The highest BCUT2D eigenvalue weighted by Crippen LogP contribution is 2.37. The van der Waals surface area contributed by atoms with E-state index in [-0.39, 0.29) is 25.3 Å². The van der Waals surface area contributed by atoms with Crippen LogP contribution in [0.25, 0.3) is 22.3 Å². The largest absolute Gasteiger partial charge is 0.397 e. The monoisotopic (exact) mass is 439 g/mol. The van der Waals surface area contributed by atoms with Crippen molar-refractivity contribution >= 4 is 33.8 Å². The number of alkyl halides is 2. The number of aromatic nitrogens is 2. The first-order chi connectivity index (χ1) is 15.1. The molecule has 2 aromatic heterocycles. The number of rotatable bonds is 5. The van der Waals surface area contributed by atoms with Gasteiger partial charge in [-0.2, -0.15) is 0 Å². The molecule has 3 heterocycles. The van der Waals surface area contributed by atoms with Crippen LogP contribution in [0.3, 0.4) is 0 Å². The van der Waals surface area contributed by atoms with Crippen LogP contribution < -0.4 is 16.0 Å². The van der Waals surface area contributed by atoms with Crippen molar-refractivity contribution in [2.24, 2.45) is 11.7 Å². The van der Waals surface area contributed by atoms with E-state index in [0.29, 0.717) is 45.1 Å². The second-order valence-corrected chi connectivity index (χ2v) is 8.11. The van der Waals surface area contributed by atoms with Gasteiger partial charge in [-0.1, -0.05) is 20.1 Å². The van der Waals surface area contributed by atoms with E-state index in [2.05, 4.69) is 23.5 Å². The maximum absolute atomic E-state index is 14.1. The number of benzene rings is 1. The van der Waals surface area contributed by atoms with E-state index in [9.17, 15) is 13.2 Å². The molecule has 0 spiro atoms. The molecule has 32 heavy (non-hydrogen) atoms. The van der Waals surface area contributed by atoms with E-state index >= 15 is 0 Å². The molecule has 3 N–H and O–H groups in total. The number of anilines is 2. The van der Waals surface area contributed by atoms with Gasteiger partial charge in [-0.05, 0) is 36.4 Å². The first-order valence-electron chi connectivity index (χ1n) is 10.2. The molecule has 1 unspecified atom stereocenters. The number of pyridine rings is 2. The van der Waals surface area contributed by atoms with Gasteiger partial charge in [-0.15, -0.1) is 0 Å². The molecule has 0 bridgehead atoms. The molecule has 0 radical (unpaired) electrons. The smallest absolute Gasteiger partial charge is 0.254 e. The summed E-state index contributed by atoms with van der Waals surface area (Å²) < 4.78 is 42.0. The highest BCUT2D eigenvalue weighted by Gasteiger charge is 2.41. The molecule has 0 saturated carbocycles. The van der Waals surface area contributed by atoms with Gasteiger partial charge in [-0.3, -0.25) is 4.98 Å². The Morgan fingerprint density at radius 2 is 2.00 bits per heavy atom. The molecule has 3 aromatic rings. The standard InChI is InChI=1S/C24H24F3N5/c1-14-13-32(9-7-24(14,26)27)23-20(11-17-10-18(25)4-5-21(17)31-23)16(3)30-19-6-8-29-22(12-19)15(2)28/h4-6,8,10-12,14H,2-3,7,9,13,28H2,1H3,(H,29,30). The molecule has 5 nitrogen and oxygen atoms in total. The fourth-order valence-electron chi connectivity index (χ4n) is 3.80. The highest BCUT2D eigenvalue weighted by atomic mass is 19.3. The van der Waals surface area contributed by atoms with Crippen LogP contribution in [0.1, 0.15) is 24.6 Å². The van der Waals surface area contributed by atoms with Gasteiger partial charge >= 0.3 is 0 Å². The van der Waals surface area contributed by atoms with Crippen molar-refractivity contribution in [3.8, 4) is 0 Å². The maximum Gasteiger partial charge on any atom is 0.254 e. The van der Waals surface area contributed by atoms with Gasteiger partial charge in [0.2, 0.25) is 0 Å². The van der Waals surface area contributed by atoms with Gasteiger partial charge in [0.25, 0.3) is 5.92 Å². The predicted molar refractivity (Wildman–Crippen MR) is 123 cm³/mol. The minimum Gasteiger partial charge on any atom is -0.397 e. The van der Waals surface area contributed by atoms with Crippen LogP contribution in [0.5, 0.6) is 0 Å². The van der Waals surface area contributed by atoms with Crippen molar-refractivity contribution < 1.29 is 13.2 Å². The van der Waals surface area contributed by atoms with Gasteiger partial charge in [0.15, 0.2) is 0 Å². The topological polar surface area (TPSA) is 67.1 Å². The number of halogens is 3. The van der Waals surface area contributed by atoms with Crippen LogP contribution in [0.15, 0.2) is 55.8 Å². The summed E-state index contributed by atoms with van der Waals surface area (Å²) in [5, 5.41) is 3.79. The van der Waals surface area contributed by atoms with E-state index in [1.54, 1.807) is 30.5 Å². The highest BCUT2D eigenvalue weighted by molar-refractivity contribution is 5.90. The Morgan fingerprint density at radius 3 is 2.72 bits per heavy atom. The minimum absolute atomic E-state index is 0.152. The van der Waals surface area contributed by atoms with Gasteiger partial charge in [0.1, 0.15) is 11.6 Å². The number of hydrogen-bond acceptors (Lipinski definition) is 5. The SMILES string of the molecule is C=C(N)c1cc(NC(=C)c2cc3cc(F)ccc3nc2N2CCC(F)(F)C(C)C2)ccn1. The van der Waals surface area contributed by atoms with Gasteiger partial charge < -0.3 is 16.0 Å². The van der Waals surface area contributed by atoms with Gasteiger partial charge in [-0.25, -0.2) is 18.2 Å². The average molecular weight is 439 g/mol. The fourth-order valence-corrected chi connectivity index (χ4v) is 3.80. The molecule has 1 aromatic carbocycles. The number of nitrogens with two attached hydrogens (primary N) is 1. The first kappa shape index (κ1) is 21.7. The zero-order valence-electron chi connectivity index (χ0n) is 17.7. The number of hydrogen-bond donors (Lipinski definition) is 2. The summed E-state index contributed by atoms with van der Waals surface area (Å²) in [5.41, 5.74) is 8.93. The van der Waals surface area contributed by atoms with E-state index < -0.39 is 11.8 Å². The lowest BCUT2D eigenvalue weighted by atomic mass is 9.95. The first-order valence-corrected chi connectivity index (χ1v) is 10.2. The number of nitrogens with zero attached hydrogens (tertiary/aromatic N) is 3. The Balaban J connectivity index is 1.74. The number of piperidine rings is 1. The average Bonchev–Trinajstić information content (AvgIpc) is 2.75. The van der Waals surface area contributed by atoms with Crippen molar-refractivity contribution in [2.75, 3.05) is 23.3 Å². The third-order valence-electron chi connectivity index (χ3n) is 5.70. The third-order valence-corrected chi connectivity index (χ3v) is 5.70. The van der Waals surface area contributed by atoms with Crippen molar-refractivity contribution in [2.45, 2.75) is 19.3 Å². The van der Waals surface area contributed by atoms with E-state index in [1.807, 2.05) is 4.90 Å². The lowest BCUT2D eigenvalue weighted by Crippen LogP contribution is -2.46. The van der Waals surface area contributed by atoms with Crippen molar-refractivity contribution in [3.05, 3.63) is 72.8 Å². The Labute approximate surface area is 184 Å². The molecular formula is C24H24F3N5. The Morgan fingerprint density at radius 1 is 1.22 bits per heavy atom. The van der Waals surface area contributed by atoms with Gasteiger partial charge in [0, 0.05) is 54.0 Å². The van der Waals surface area contributed by atoms with Crippen LogP contribution >= 0.6 is 0 Å². The van der Waals surface area contributed by atoms with Crippen LogP contribution in [0.2, 0.25) is 0 Å². The number of nitrogens with one attached hydrogen (secondary N) is 1. The normalized spacial score (nSPS) is 17.9. The quantitative estimate of drug-likeness (QED) is 0.568. The van der Waals surface area contributed by atoms with Crippen LogP contribution in [-0.2, 0) is 0 Å². The molecule has 0 aliphatic carbocycles. The van der Waals surface area contributed by atoms with Crippen LogP contribution in [-0.4, -0.2) is 29.0 Å². The van der Waals surface area contributed by atoms with E-state index in [1.165, 1.54) is 19.1 Å². The van der Waals surface area contributed by atoms with Crippen molar-refractivity contribution in [1.82, 2.24) is 9.97 Å². The molecule has 1 saturated heterocycles. The summed E-state index contributed by atoms with van der Waals surface area (Å²) >= 11 is 0. The maximum atomic E-state index is 14.1. The van der Waals surface area contributed by atoms with E-state index in [0.717, 1.165) is 0 Å². The van der Waals surface area contributed by atoms with Crippen LogP contribution in [0.4, 0.5) is 24.7 Å². The Kier molecular flexibility index (Phi) is 5.54. The second kappa shape index (κ2) is 8.18. The summed E-state index contributed by atoms with van der Waals surface area (Å²) in [7, 11) is 0. The number of fused-ring (bicyclic) bond motifs is 1. The summed E-state index contributed by atoms with van der Waals surface area (Å²) in [5.74, 6) is -3.40. The molecular weight excluding hydrogens is 415 g/mol. The molecule has 1 aliphatic heterocycles. The third kappa shape index (κ3) is 4.26. The molecule has 1 fully saturated rings. The molecule has 8 heteroatoms. The summed E-state index contributed by atoms with van der Waals surface area (Å²) in [6.07, 6.45) is 1.33. The summed E-state index contributed by atoms with van der Waals surface area (Å²) in [6, 6.07) is 9.55. The predicted octanol–water partition coefficient (Wildman–Crippen LogP) is 5.26. The van der Waals surface area contributed by atoms with Crippen molar-refractivity contribution in [3.63, 3.8) is 0 Å². The van der Waals surface area contributed by atoms with Gasteiger partial charge in [0.05, 0.1) is 16.9 Å². The summed E-state index contributed by atoms with van der Waals surface area (Å²) in [4.78, 5) is 10.7. The molecule has 166 valence electrons. The zero-order valence-corrected chi connectivity index (χ0v) is 17.7. The second-order valence-electron chi connectivity index (χ2n) is 8.11. The van der Waals surface area contributed by atoms with E-state index in [4.69, 9.17) is 10.7 Å². The van der Waals surface area contributed by atoms with Crippen molar-refractivity contribution in [1.29, 1.82) is 0 Å². The fraction of sp³-hybridized carbons (Fsp3) is 0.250. The molecule has 1 atom stereocenters. The molecule has 4 rings (SSSR count). The lowest BCUT2D eigenvalue weighted by molar-refractivity contribution is -0.0652. The Bertz CT molecular complexity index is 1210. The molecule has 0 amide bonds.